The van der Waals surface area contributed by atoms with Gasteiger partial charge in [-0.05, 0) is 37.3 Å². The molecular weight excluding hydrogens is 248 g/mol. The minimum Gasteiger partial charge on any atom is -0.396 e. The van der Waals surface area contributed by atoms with Crippen LogP contribution in [0.3, 0.4) is 0 Å². The topological polar surface area (TPSA) is 61.4 Å². The fourth-order valence-electron chi connectivity index (χ4n) is 1.38. The summed E-state index contributed by atoms with van der Waals surface area (Å²) in [6, 6.07) is 7.34. The molecule has 2 atom stereocenters. The molecule has 2 amide bonds. The number of hydrogen-bond donors (Lipinski definition) is 3. The number of aliphatic hydroxyl groups excluding tert-OH is 1. The van der Waals surface area contributed by atoms with Gasteiger partial charge in [-0.1, -0.05) is 13.0 Å². The van der Waals surface area contributed by atoms with Crippen molar-refractivity contribution in [2.75, 3.05) is 18.2 Å². The lowest BCUT2D eigenvalue weighted by molar-refractivity contribution is 0.204. The second-order valence-corrected chi connectivity index (χ2v) is 5.16. The smallest absolute Gasteiger partial charge is 0.319 e. The predicted molar refractivity (Wildman–Crippen MR) is 76.1 cm³/mol. The van der Waals surface area contributed by atoms with E-state index in [2.05, 4.69) is 10.6 Å². The van der Waals surface area contributed by atoms with Crippen LogP contribution in [0, 0.1) is 5.92 Å². The average Bonchev–Trinajstić information content (AvgIpc) is 2.37. The zero-order chi connectivity index (χ0) is 13.5. The Morgan fingerprint density at radius 2 is 2.17 bits per heavy atom. The number of carbonyl (C=O) groups is 1. The maximum Gasteiger partial charge on any atom is 0.319 e. The maximum atomic E-state index is 11.7. The first-order valence-corrected chi connectivity index (χ1v) is 7.11. The number of nitrogens with one attached hydrogen (secondary N) is 2. The highest BCUT2D eigenvalue weighted by Crippen LogP contribution is 2.18. The van der Waals surface area contributed by atoms with Gasteiger partial charge in [-0.25, -0.2) is 4.79 Å². The van der Waals surface area contributed by atoms with Crippen LogP contribution in [0.5, 0.6) is 0 Å². The zero-order valence-electron chi connectivity index (χ0n) is 10.9. The molecule has 1 aromatic carbocycles. The standard InChI is InChI=1S/C13H20N2O2S/c1-9(8-16)10(2)14-13(17)15-11-5-4-6-12(7-11)18-3/h4-7,9-10,16H,8H2,1-3H3,(H2,14,15,17). The highest BCUT2D eigenvalue weighted by Gasteiger charge is 2.13. The number of urea groups is 1. The second-order valence-electron chi connectivity index (χ2n) is 4.28. The highest BCUT2D eigenvalue weighted by atomic mass is 32.2. The lowest BCUT2D eigenvalue weighted by Gasteiger charge is -2.19. The van der Waals surface area contributed by atoms with Crippen molar-refractivity contribution in [3.63, 3.8) is 0 Å². The first-order chi connectivity index (χ1) is 8.56. The van der Waals surface area contributed by atoms with Crippen LogP contribution in [0.2, 0.25) is 0 Å². The van der Waals surface area contributed by atoms with E-state index in [-0.39, 0.29) is 24.6 Å². The molecule has 3 N–H and O–H groups in total. The third-order valence-corrected chi connectivity index (χ3v) is 3.55. The van der Waals surface area contributed by atoms with Gasteiger partial charge >= 0.3 is 6.03 Å². The molecule has 0 heterocycles. The Bertz CT molecular complexity index is 398. The van der Waals surface area contributed by atoms with E-state index in [0.29, 0.717) is 0 Å². The molecular formula is C13H20N2O2S. The summed E-state index contributed by atoms with van der Waals surface area (Å²) in [5.74, 6) is 0.0354. The summed E-state index contributed by atoms with van der Waals surface area (Å²) < 4.78 is 0. The van der Waals surface area contributed by atoms with E-state index in [1.165, 1.54) is 0 Å². The summed E-state index contributed by atoms with van der Waals surface area (Å²) in [6.45, 7) is 3.82. The minimum absolute atomic E-state index is 0.0354. The third kappa shape index (κ3) is 4.58. The Kier molecular flexibility index (Phi) is 6.01. The molecule has 0 aliphatic rings. The molecule has 0 saturated carbocycles. The van der Waals surface area contributed by atoms with Crippen LogP contribution in [0.1, 0.15) is 13.8 Å². The van der Waals surface area contributed by atoms with Crippen molar-refractivity contribution in [2.24, 2.45) is 5.92 Å². The van der Waals surface area contributed by atoms with Crippen molar-refractivity contribution < 1.29 is 9.90 Å². The van der Waals surface area contributed by atoms with Crippen LogP contribution in [0.15, 0.2) is 29.2 Å². The molecule has 0 bridgehead atoms. The fraction of sp³-hybridized carbons (Fsp3) is 0.462. The Hall–Kier alpha value is -1.20. The summed E-state index contributed by atoms with van der Waals surface area (Å²) in [6.07, 6.45) is 1.99. The van der Waals surface area contributed by atoms with Gasteiger partial charge in [0.25, 0.3) is 0 Å². The van der Waals surface area contributed by atoms with Crippen molar-refractivity contribution in [1.82, 2.24) is 5.32 Å². The summed E-state index contributed by atoms with van der Waals surface area (Å²) >= 11 is 1.63. The SMILES string of the molecule is CSc1cccc(NC(=O)NC(C)C(C)CO)c1. The summed E-state index contributed by atoms with van der Waals surface area (Å²) in [4.78, 5) is 12.8. The van der Waals surface area contributed by atoms with Gasteiger partial charge in [0.2, 0.25) is 0 Å². The van der Waals surface area contributed by atoms with Gasteiger partial charge in [0.15, 0.2) is 0 Å². The van der Waals surface area contributed by atoms with E-state index in [4.69, 9.17) is 5.11 Å². The van der Waals surface area contributed by atoms with E-state index in [9.17, 15) is 4.79 Å². The molecule has 18 heavy (non-hydrogen) atoms. The summed E-state index contributed by atoms with van der Waals surface area (Å²) in [5.41, 5.74) is 0.767. The Labute approximate surface area is 112 Å². The van der Waals surface area contributed by atoms with Crippen LogP contribution in [-0.4, -0.2) is 30.0 Å². The number of thioether (sulfide) groups is 1. The normalized spacial score (nSPS) is 13.8. The predicted octanol–water partition coefficient (Wildman–Crippen LogP) is 2.55. The first-order valence-electron chi connectivity index (χ1n) is 5.89. The highest BCUT2D eigenvalue weighted by molar-refractivity contribution is 7.98. The number of hydrogen-bond acceptors (Lipinski definition) is 3. The van der Waals surface area contributed by atoms with Crippen LogP contribution in [0.4, 0.5) is 10.5 Å². The molecule has 5 heteroatoms. The minimum atomic E-state index is -0.249. The Morgan fingerprint density at radius 3 is 2.78 bits per heavy atom. The van der Waals surface area contributed by atoms with Crippen molar-refractivity contribution in [1.29, 1.82) is 0 Å². The lowest BCUT2D eigenvalue weighted by atomic mass is 10.1. The van der Waals surface area contributed by atoms with Crippen LogP contribution in [0.25, 0.3) is 0 Å². The molecule has 0 aliphatic carbocycles. The molecule has 0 fully saturated rings. The van der Waals surface area contributed by atoms with Crippen molar-refractivity contribution in [2.45, 2.75) is 24.8 Å². The van der Waals surface area contributed by atoms with Gasteiger partial charge in [0.1, 0.15) is 0 Å². The number of anilines is 1. The van der Waals surface area contributed by atoms with E-state index >= 15 is 0 Å². The Balaban J connectivity index is 2.53. The molecule has 1 rings (SSSR count). The molecule has 4 nitrogen and oxygen atoms in total. The van der Waals surface area contributed by atoms with Gasteiger partial charge in [-0.3, -0.25) is 0 Å². The second kappa shape index (κ2) is 7.28. The molecule has 2 unspecified atom stereocenters. The summed E-state index contributed by atoms with van der Waals surface area (Å²) in [7, 11) is 0. The van der Waals surface area contributed by atoms with Gasteiger partial charge in [-0.15, -0.1) is 11.8 Å². The monoisotopic (exact) mass is 268 g/mol. The first kappa shape index (κ1) is 14.9. The summed E-state index contributed by atoms with van der Waals surface area (Å²) in [5, 5.41) is 14.6. The van der Waals surface area contributed by atoms with Crippen molar-refractivity contribution in [3.05, 3.63) is 24.3 Å². The van der Waals surface area contributed by atoms with Crippen LogP contribution in [-0.2, 0) is 0 Å². The van der Waals surface area contributed by atoms with E-state index in [0.717, 1.165) is 10.6 Å². The molecule has 1 aromatic rings. The van der Waals surface area contributed by atoms with Crippen molar-refractivity contribution >= 4 is 23.5 Å². The van der Waals surface area contributed by atoms with E-state index in [1.807, 2.05) is 44.4 Å². The molecule has 0 aliphatic heterocycles. The molecule has 0 aromatic heterocycles. The largest absolute Gasteiger partial charge is 0.396 e. The van der Waals surface area contributed by atoms with E-state index < -0.39 is 0 Å². The number of rotatable bonds is 5. The van der Waals surface area contributed by atoms with Crippen LogP contribution < -0.4 is 10.6 Å². The molecule has 0 radical (unpaired) electrons. The van der Waals surface area contributed by atoms with Gasteiger partial charge < -0.3 is 15.7 Å². The number of carbonyl (C=O) groups excluding carboxylic acids is 1. The molecule has 100 valence electrons. The maximum absolute atomic E-state index is 11.7. The van der Waals surface area contributed by atoms with Crippen molar-refractivity contribution in [3.8, 4) is 0 Å². The lowest BCUT2D eigenvalue weighted by Crippen LogP contribution is -2.40. The molecule has 0 saturated heterocycles. The van der Waals surface area contributed by atoms with Gasteiger partial charge in [0, 0.05) is 23.2 Å². The van der Waals surface area contributed by atoms with E-state index in [1.54, 1.807) is 11.8 Å². The van der Waals surface area contributed by atoms with Crippen LogP contribution >= 0.6 is 11.8 Å². The number of benzene rings is 1. The number of aliphatic hydroxyl groups is 1. The quantitative estimate of drug-likeness (QED) is 0.719. The fourth-order valence-corrected chi connectivity index (χ4v) is 1.83. The Morgan fingerprint density at radius 1 is 1.44 bits per heavy atom. The number of amides is 2. The third-order valence-electron chi connectivity index (χ3n) is 2.83. The zero-order valence-corrected chi connectivity index (χ0v) is 11.8. The van der Waals surface area contributed by atoms with Gasteiger partial charge in [0.05, 0.1) is 0 Å². The molecule has 0 spiro atoms. The average molecular weight is 268 g/mol. The van der Waals surface area contributed by atoms with Gasteiger partial charge in [-0.2, -0.15) is 0 Å².